The fourth-order valence-corrected chi connectivity index (χ4v) is 3.69. The Morgan fingerprint density at radius 3 is 2.42 bits per heavy atom. The number of piperazine rings is 1. The van der Waals surface area contributed by atoms with Gasteiger partial charge in [-0.25, -0.2) is 4.79 Å². The average Bonchev–Trinajstić information content (AvgIpc) is 2.76. The van der Waals surface area contributed by atoms with Gasteiger partial charge in [-0.1, -0.05) is 26.0 Å². The summed E-state index contributed by atoms with van der Waals surface area (Å²) in [5.74, 6) is 1.56. The van der Waals surface area contributed by atoms with Gasteiger partial charge in [0, 0.05) is 44.5 Å². The number of amides is 2. The molecule has 1 fully saturated rings. The van der Waals surface area contributed by atoms with E-state index in [1.54, 1.807) is 42.5 Å². The molecule has 31 heavy (non-hydrogen) atoms. The number of carbonyl (C=O) groups is 1. The third-order valence-electron chi connectivity index (χ3n) is 5.60. The van der Waals surface area contributed by atoms with Crippen molar-refractivity contribution in [1.29, 1.82) is 5.26 Å². The lowest BCUT2D eigenvalue weighted by Gasteiger charge is -2.39. The number of likely N-dealkylation sites (N-methyl/N-ethyl adjacent to an activating group) is 1. The van der Waals surface area contributed by atoms with Crippen LogP contribution in [0.4, 0.5) is 10.5 Å². The number of ether oxygens (including phenoxy) is 1. The van der Waals surface area contributed by atoms with Crippen LogP contribution in [0.25, 0.3) is 0 Å². The second kappa shape index (κ2) is 10.8. The highest BCUT2D eigenvalue weighted by atomic mass is 16.5. The van der Waals surface area contributed by atoms with Crippen molar-refractivity contribution in [2.24, 2.45) is 5.92 Å². The molecule has 0 radical (unpaired) electrons. The van der Waals surface area contributed by atoms with E-state index < -0.39 is 0 Å². The smallest absolute Gasteiger partial charge is 0.319 e. The Morgan fingerprint density at radius 2 is 1.77 bits per heavy atom. The third-order valence-corrected chi connectivity index (χ3v) is 5.60. The number of anilines is 1. The van der Waals surface area contributed by atoms with Crippen LogP contribution in [0.1, 0.15) is 19.4 Å². The number of carbonyl (C=O) groups excluding carboxylic acids is 1. The van der Waals surface area contributed by atoms with Crippen molar-refractivity contribution in [2.45, 2.75) is 19.9 Å². The summed E-state index contributed by atoms with van der Waals surface area (Å²) in [6.45, 7) is 9.18. The molecule has 7 heteroatoms. The summed E-state index contributed by atoms with van der Waals surface area (Å²) in [4.78, 5) is 17.2. The molecule has 2 N–H and O–H groups in total. The van der Waals surface area contributed by atoms with E-state index >= 15 is 0 Å². The highest BCUT2D eigenvalue weighted by molar-refractivity contribution is 5.89. The third kappa shape index (κ3) is 6.45. The fraction of sp³-hybridized carbons (Fsp3) is 0.417. The number of hydrogen-bond donors (Lipinski definition) is 2. The Hall–Kier alpha value is -3.08. The second-order valence-corrected chi connectivity index (χ2v) is 8.22. The first-order valence-corrected chi connectivity index (χ1v) is 10.7. The van der Waals surface area contributed by atoms with Crippen LogP contribution >= 0.6 is 0 Å². The first-order chi connectivity index (χ1) is 15.0. The molecule has 1 aliphatic heterocycles. The fourth-order valence-electron chi connectivity index (χ4n) is 3.69. The van der Waals surface area contributed by atoms with E-state index in [0.29, 0.717) is 41.3 Å². The summed E-state index contributed by atoms with van der Waals surface area (Å²) in [7, 11) is 2.14. The number of hydrogen-bond acceptors (Lipinski definition) is 5. The molecule has 1 aliphatic rings. The van der Waals surface area contributed by atoms with E-state index in [9.17, 15) is 4.79 Å². The van der Waals surface area contributed by atoms with Crippen LogP contribution in [0.5, 0.6) is 11.5 Å². The minimum atomic E-state index is -0.219. The van der Waals surface area contributed by atoms with Gasteiger partial charge < -0.3 is 20.3 Å². The van der Waals surface area contributed by atoms with Gasteiger partial charge in [0.1, 0.15) is 17.6 Å². The standard InChI is InChI=1S/C24H31N5O2/c1-18(2)22(29-14-12-28(3)13-15-29)17-26-24(30)27-20-8-10-21(11-9-20)31-23-7-5-4-6-19(23)16-25/h4-11,18,22H,12-15,17H2,1-3H3,(H2,26,27,30). The molecule has 0 saturated carbocycles. The molecule has 2 aromatic rings. The van der Waals surface area contributed by atoms with Crippen LogP contribution in [0.3, 0.4) is 0 Å². The number of nitrogens with zero attached hydrogens (tertiary/aromatic N) is 3. The molecule has 0 spiro atoms. The van der Waals surface area contributed by atoms with Gasteiger partial charge in [0.05, 0.1) is 5.56 Å². The molecule has 0 aromatic heterocycles. The maximum absolute atomic E-state index is 12.4. The van der Waals surface area contributed by atoms with Gasteiger partial charge in [0.2, 0.25) is 0 Å². The summed E-state index contributed by atoms with van der Waals surface area (Å²) >= 11 is 0. The molecule has 1 heterocycles. The van der Waals surface area contributed by atoms with E-state index in [-0.39, 0.29) is 6.03 Å². The lowest BCUT2D eigenvalue weighted by Crippen LogP contribution is -2.54. The number of urea groups is 1. The van der Waals surface area contributed by atoms with E-state index in [1.165, 1.54) is 0 Å². The zero-order chi connectivity index (χ0) is 22.2. The molecule has 164 valence electrons. The van der Waals surface area contributed by atoms with Crippen molar-refractivity contribution in [2.75, 3.05) is 45.1 Å². The first-order valence-electron chi connectivity index (χ1n) is 10.7. The van der Waals surface area contributed by atoms with Crippen molar-refractivity contribution in [1.82, 2.24) is 15.1 Å². The van der Waals surface area contributed by atoms with Gasteiger partial charge in [-0.15, -0.1) is 0 Å². The Morgan fingerprint density at radius 1 is 1.10 bits per heavy atom. The number of nitrogens with one attached hydrogen (secondary N) is 2. The zero-order valence-electron chi connectivity index (χ0n) is 18.5. The number of para-hydroxylation sites is 1. The van der Waals surface area contributed by atoms with Gasteiger partial charge in [-0.05, 0) is 49.4 Å². The molecule has 3 rings (SSSR count). The Balaban J connectivity index is 1.51. The molecule has 0 aliphatic carbocycles. The topological polar surface area (TPSA) is 80.6 Å². The van der Waals surface area contributed by atoms with Crippen molar-refractivity contribution in [3.05, 3.63) is 54.1 Å². The highest BCUT2D eigenvalue weighted by Gasteiger charge is 2.25. The maximum atomic E-state index is 12.4. The van der Waals surface area contributed by atoms with E-state index in [1.807, 2.05) is 6.07 Å². The van der Waals surface area contributed by atoms with E-state index in [2.05, 4.69) is 47.4 Å². The van der Waals surface area contributed by atoms with Crippen LogP contribution in [-0.4, -0.2) is 61.6 Å². The molecule has 2 amide bonds. The number of rotatable bonds is 7. The van der Waals surface area contributed by atoms with Gasteiger partial charge in [0.15, 0.2) is 0 Å². The molecule has 1 saturated heterocycles. The minimum Gasteiger partial charge on any atom is -0.456 e. The van der Waals surface area contributed by atoms with Crippen molar-refractivity contribution < 1.29 is 9.53 Å². The first kappa shape index (κ1) is 22.6. The maximum Gasteiger partial charge on any atom is 0.319 e. The van der Waals surface area contributed by atoms with Crippen LogP contribution in [0, 0.1) is 17.2 Å². The average molecular weight is 422 g/mol. The summed E-state index contributed by atoms with van der Waals surface area (Å²) in [6, 6.07) is 16.4. The summed E-state index contributed by atoms with van der Waals surface area (Å²) in [5.41, 5.74) is 1.16. The van der Waals surface area contributed by atoms with Crippen molar-refractivity contribution in [3.8, 4) is 17.6 Å². The molecule has 0 bridgehead atoms. The molecule has 1 atom stereocenters. The van der Waals surface area contributed by atoms with E-state index in [4.69, 9.17) is 10.00 Å². The summed E-state index contributed by atoms with van der Waals surface area (Å²) in [6.07, 6.45) is 0. The second-order valence-electron chi connectivity index (χ2n) is 8.22. The summed E-state index contributed by atoms with van der Waals surface area (Å²) < 4.78 is 5.78. The molecule has 7 nitrogen and oxygen atoms in total. The molecule has 1 unspecified atom stereocenters. The van der Waals surface area contributed by atoms with Gasteiger partial charge in [-0.2, -0.15) is 5.26 Å². The van der Waals surface area contributed by atoms with Gasteiger partial charge >= 0.3 is 6.03 Å². The van der Waals surface area contributed by atoms with Crippen LogP contribution in [-0.2, 0) is 0 Å². The minimum absolute atomic E-state index is 0.219. The van der Waals surface area contributed by atoms with Crippen LogP contribution in [0.15, 0.2) is 48.5 Å². The monoisotopic (exact) mass is 421 g/mol. The van der Waals surface area contributed by atoms with Crippen LogP contribution < -0.4 is 15.4 Å². The quantitative estimate of drug-likeness (QED) is 0.712. The van der Waals surface area contributed by atoms with Crippen molar-refractivity contribution in [3.63, 3.8) is 0 Å². The number of nitriles is 1. The normalized spacial score (nSPS) is 15.8. The Labute approximate surface area is 184 Å². The number of benzene rings is 2. The molecule has 2 aromatic carbocycles. The van der Waals surface area contributed by atoms with Crippen LogP contribution in [0.2, 0.25) is 0 Å². The highest BCUT2D eigenvalue weighted by Crippen LogP contribution is 2.25. The zero-order valence-corrected chi connectivity index (χ0v) is 18.5. The Bertz CT molecular complexity index is 899. The van der Waals surface area contributed by atoms with E-state index in [0.717, 1.165) is 26.2 Å². The SMILES string of the molecule is CC(C)C(CNC(=O)Nc1ccc(Oc2ccccc2C#N)cc1)N1CCN(C)CC1. The van der Waals surface area contributed by atoms with Gasteiger partial charge in [0.25, 0.3) is 0 Å². The predicted octanol–water partition coefficient (Wildman–Crippen LogP) is 3.74. The lowest BCUT2D eigenvalue weighted by atomic mass is 10.0. The Kier molecular flexibility index (Phi) is 7.88. The largest absolute Gasteiger partial charge is 0.456 e. The van der Waals surface area contributed by atoms with Crippen molar-refractivity contribution >= 4 is 11.7 Å². The molecular weight excluding hydrogens is 390 g/mol. The van der Waals surface area contributed by atoms with Gasteiger partial charge in [-0.3, -0.25) is 4.90 Å². The summed E-state index contributed by atoms with van der Waals surface area (Å²) in [5, 5.41) is 15.1. The molecular formula is C24H31N5O2. The lowest BCUT2D eigenvalue weighted by molar-refractivity contribution is 0.0890. The predicted molar refractivity (Wildman–Crippen MR) is 122 cm³/mol.